The summed E-state index contributed by atoms with van der Waals surface area (Å²) < 4.78 is 0.506. The highest BCUT2D eigenvalue weighted by atomic mass is 32.2. The molecule has 1 rings (SSSR count). The molecule has 17 heavy (non-hydrogen) atoms. The van der Waals surface area contributed by atoms with Crippen LogP contribution in [-0.4, -0.2) is 23.1 Å². The van der Waals surface area contributed by atoms with E-state index in [9.17, 15) is 0 Å². The van der Waals surface area contributed by atoms with Crippen LogP contribution in [-0.2, 0) is 0 Å². The molecule has 0 aliphatic carbocycles. The molecule has 0 radical (unpaired) electrons. The van der Waals surface area contributed by atoms with Crippen molar-refractivity contribution < 1.29 is 0 Å². The first-order valence-electron chi connectivity index (χ1n) is 7.28. The van der Waals surface area contributed by atoms with Gasteiger partial charge in [-0.25, -0.2) is 0 Å². The highest BCUT2D eigenvalue weighted by molar-refractivity contribution is 8.00. The number of nitrogens with one attached hydrogen (secondary N) is 1. The molecule has 1 heterocycles. The van der Waals surface area contributed by atoms with E-state index in [1.54, 1.807) is 0 Å². The van der Waals surface area contributed by atoms with Gasteiger partial charge in [-0.15, -0.1) is 0 Å². The molecule has 1 aliphatic heterocycles. The Hall–Kier alpha value is 0.310. The predicted octanol–water partition coefficient (Wildman–Crippen LogP) is 4.32. The Balaban J connectivity index is 2.36. The van der Waals surface area contributed by atoms with E-state index in [2.05, 4.69) is 51.7 Å². The molecule has 1 unspecified atom stereocenters. The SMILES string of the molecule is CC(C)CC(CC(C)C)NCC1(C)CCCS1. The maximum Gasteiger partial charge on any atom is 0.0256 e. The summed E-state index contributed by atoms with van der Waals surface area (Å²) in [7, 11) is 0. The summed E-state index contributed by atoms with van der Waals surface area (Å²) in [5.74, 6) is 2.96. The van der Waals surface area contributed by atoms with Crippen LogP contribution in [0.2, 0.25) is 0 Å². The van der Waals surface area contributed by atoms with Gasteiger partial charge in [-0.2, -0.15) is 11.8 Å². The first kappa shape index (κ1) is 15.4. The standard InChI is InChI=1S/C15H31NS/c1-12(2)9-14(10-13(3)4)16-11-15(5)7-6-8-17-15/h12-14,16H,6-11H2,1-5H3. The molecule has 0 aromatic heterocycles. The van der Waals surface area contributed by atoms with E-state index in [0.29, 0.717) is 10.8 Å². The maximum atomic E-state index is 3.84. The van der Waals surface area contributed by atoms with Crippen molar-refractivity contribution in [2.75, 3.05) is 12.3 Å². The molecule has 1 nitrogen and oxygen atoms in total. The first-order valence-corrected chi connectivity index (χ1v) is 8.27. The van der Waals surface area contributed by atoms with E-state index >= 15 is 0 Å². The van der Waals surface area contributed by atoms with Crippen LogP contribution in [0.1, 0.15) is 60.3 Å². The van der Waals surface area contributed by atoms with Crippen LogP contribution in [0, 0.1) is 11.8 Å². The molecule has 0 amide bonds. The van der Waals surface area contributed by atoms with Crippen LogP contribution >= 0.6 is 11.8 Å². The lowest BCUT2D eigenvalue weighted by molar-refractivity contribution is 0.347. The summed E-state index contributed by atoms with van der Waals surface area (Å²) in [5.41, 5.74) is 0. The molecule has 1 fully saturated rings. The van der Waals surface area contributed by atoms with Crippen LogP contribution in [0.3, 0.4) is 0 Å². The fourth-order valence-electron chi connectivity index (χ4n) is 2.74. The van der Waals surface area contributed by atoms with Crippen molar-refractivity contribution in [2.24, 2.45) is 11.8 Å². The van der Waals surface area contributed by atoms with Gasteiger partial charge in [0.05, 0.1) is 0 Å². The third-order valence-corrected chi connectivity index (χ3v) is 5.12. The average Bonchev–Trinajstić information content (AvgIpc) is 2.61. The van der Waals surface area contributed by atoms with E-state index < -0.39 is 0 Å². The minimum atomic E-state index is 0.506. The Morgan fingerprint density at radius 1 is 1.12 bits per heavy atom. The minimum Gasteiger partial charge on any atom is -0.313 e. The van der Waals surface area contributed by atoms with Crippen molar-refractivity contribution in [3.05, 3.63) is 0 Å². The van der Waals surface area contributed by atoms with Crippen LogP contribution in [0.15, 0.2) is 0 Å². The Labute approximate surface area is 113 Å². The minimum absolute atomic E-state index is 0.506. The zero-order chi connectivity index (χ0) is 12.9. The van der Waals surface area contributed by atoms with Gasteiger partial charge < -0.3 is 5.32 Å². The topological polar surface area (TPSA) is 12.0 Å². The molecule has 0 aromatic rings. The molecular formula is C15H31NS. The summed E-state index contributed by atoms with van der Waals surface area (Å²) in [6.45, 7) is 13.0. The summed E-state index contributed by atoms with van der Waals surface area (Å²) >= 11 is 2.16. The van der Waals surface area contributed by atoms with Gasteiger partial charge in [-0.05, 0) is 50.2 Å². The van der Waals surface area contributed by atoms with Gasteiger partial charge in [0.2, 0.25) is 0 Å². The van der Waals surface area contributed by atoms with E-state index in [1.165, 1.54) is 38.0 Å². The monoisotopic (exact) mass is 257 g/mol. The van der Waals surface area contributed by atoms with Crippen molar-refractivity contribution in [1.29, 1.82) is 0 Å². The van der Waals surface area contributed by atoms with Gasteiger partial charge in [0.25, 0.3) is 0 Å². The Kier molecular flexibility index (Phi) is 6.36. The normalized spacial score (nSPS) is 25.4. The lowest BCUT2D eigenvalue weighted by atomic mass is 9.95. The number of thioether (sulfide) groups is 1. The van der Waals surface area contributed by atoms with Gasteiger partial charge in [0, 0.05) is 17.3 Å². The van der Waals surface area contributed by atoms with Gasteiger partial charge >= 0.3 is 0 Å². The fourth-order valence-corrected chi connectivity index (χ4v) is 3.99. The van der Waals surface area contributed by atoms with Crippen molar-refractivity contribution >= 4 is 11.8 Å². The van der Waals surface area contributed by atoms with Crippen molar-refractivity contribution in [3.8, 4) is 0 Å². The van der Waals surface area contributed by atoms with Crippen molar-refractivity contribution in [1.82, 2.24) is 5.32 Å². The lowest BCUT2D eigenvalue weighted by Crippen LogP contribution is -2.40. The quantitative estimate of drug-likeness (QED) is 0.729. The van der Waals surface area contributed by atoms with Crippen molar-refractivity contribution in [2.45, 2.75) is 71.1 Å². The highest BCUT2D eigenvalue weighted by Crippen LogP contribution is 2.37. The summed E-state index contributed by atoms with van der Waals surface area (Å²) in [6.07, 6.45) is 5.43. The smallest absolute Gasteiger partial charge is 0.0256 e. The Morgan fingerprint density at radius 3 is 2.12 bits per heavy atom. The van der Waals surface area contributed by atoms with E-state index in [0.717, 1.165) is 11.8 Å². The number of hydrogen-bond donors (Lipinski definition) is 1. The molecule has 102 valence electrons. The lowest BCUT2D eigenvalue weighted by Gasteiger charge is -2.29. The molecular weight excluding hydrogens is 226 g/mol. The molecule has 0 saturated carbocycles. The predicted molar refractivity (Wildman–Crippen MR) is 80.8 cm³/mol. The molecule has 2 heteroatoms. The Bertz CT molecular complexity index is 197. The third kappa shape index (κ3) is 6.15. The molecule has 1 saturated heterocycles. The first-order chi connectivity index (χ1) is 7.91. The molecule has 1 aliphatic rings. The zero-order valence-corrected chi connectivity index (χ0v) is 13.2. The number of hydrogen-bond acceptors (Lipinski definition) is 2. The van der Waals surface area contributed by atoms with Gasteiger partial charge in [0.1, 0.15) is 0 Å². The fraction of sp³-hybridized carbons (Fsp3) is 1.00. The second kappa shape index (κ2) is 7.04. The molecule has 0 spiro atoms. The summed E-state index contributed by atoms with van der Waals surface area (Å²) in [6, 6.07) is 0.716. The van der Waals surface area contributed by atoms with Crippen LogP contribution in [0.25, 0.3) is 0 Å². The highest BCUT2D eigenvalue weighted by Gasteiger charge is 2.29. The van der Waals surface area contributed by atoms with E-state index in [-0.39, 0.29) is 0 Å². The van der Waals surface area contributed by atoms with Gasteiger partial charge in [-0.1, -0.05) is 27.7 Å². The third-order valence-electron chi connectivity index (χ3n) is 3.58. The van der Waals surface area contributed by atoms with Gasteiger partial charge in [0.15, 0.2) is 0 Å². The second-order valence-electron chi connectivity index (χ2n) is 6.74. The van der Waals surface area contributed by atoms with Gasteiger partial charge in [-0.3, -0.25) is 0 Å². The van der Waals surface area contributed by atoms with Crippen LogP contribution in [0.5, 0.6) is 0 Å². The van der Waals surface area contributed by atoms with E-state index in [4.69, 9.17) is 0 Å². The maximum absolute atomic E-state index is 3.84. The number of rotatable bonds is 7. The zero-order valence-electron chi connectivity index (χ0n) is 12.4. The second-order valence-corrected chi connectivity index (χ2v) is 8.42. The van der Waals surface area contributed by atoms with Crippen LogP contribution < -0.4 is 5.32 Å². The summed E-state index contributed by atoms with van der Waals surface area (Å²) in [4.78, 5) is 0. The molecule has 0 aromatic carbocycles. The molecule has 0 bridgehead atoms. The van der Waals surface area contributed by atoms with Crippen LogP contribution in [0.4, 0.5) is 0 Å². The molecule has 1 N–H and O–H groups in total. The van der Waals surface area contributed by atoms with Crippen molar-refractivity contribution in [3.63, 3.8) is 0 Å². The molecule has 1 atom stereocenters. The van der Waals surface area contributed by atoms with E-state index in [1.807, 2.05) is 0 Å². The largest absolute Gasteiger partial charge is 0.313 e. The summed E-state index contributed by atoms with van der Waals surface area (Å²) in [5, 5.41) is 3.84. The Morgan fingerprint density at radius 2 is 1.71 bits per heavy atom. The average molecular weight is 257 g/mol.